The van der Waals surface area contributed by atoms with Gasteiger partial charge in [0.2, 0.25) is 0 Å². The van der Waals surface area contributed by atoms with Crippen LogP contribution in [0, 0.1) is 17.8 Å². The molecule has 234 valence electrons. The molecule has 0 aromatic heterocycles. The Bertz CT molecular complexity index is 938. The summed E-state index contributed by atoms with van der Waals surface area (Å²) >= 11 is 0. The summed E-state index contributed by atoms with van der Waals surface area (Å²) in [5.41, 5.74) is 0. The van der Waals surface area contributed by atoms with Crippen LogP contribution in [0.4, 0.5) is 0 Å². The minimum atomic E-state index is -1.49. The van der Waals surface area contributed by atoms with Gasteiger partial charge < -0.3 is 44.3 Å². The van der Waals surface area contributed by atoms with Crippen LogP contribution < -0.4 is 0 Å². The van der Waals surface area contributed by atoms with E-state index in [9.17, 15) is 34.8 Å². The van der Waals surface area contributed by atoms with E-state index in [1.165, 1.54) is 13.2 Å². The molecular formula is C29H47NO11. The number of cyclic esters (lactones) is 1. The van der Waals surface area contributed by atoms with Crippen molar-refractivity contribution in [1.29, 1.82) is 0 Å². The van der Waals surface area contributed by atoms with Crippen molar-refractivity contribution in [1.82, 2.24) is 4.90 Å². The van der Waals surface area contributed by atoms with Crippen molar-refractivity contribution in [3.05, 3.63) is 24.3 Å². The van der Waals surface area contributed by atoms with Gasteiger partial charge in [0.05, 0.1) is 43.3 Å². The number of hydrogen-bond donors (Lipinski definition) is 4. The lowest BCUT2D eigenvalue weighted by atomic mass is 9.82. The molecule has 0 spiro atoms. The number of carboxylic acid groups (broad SMARTS) is 1. The predicted octanol–water partition coefficient (Wildman–Crippen LogP) is 0.914. The summed E-state index contributed by atoms with van der Waals surface area (Å²) in [5, 5.41) is 42.7. The van der Waals surface area contributed by atoms with Crippen molar-refractivity contribution in [2.45, 2.75) is 102 Å². The lowest BCUT2D eigenvalue weighted by molar-refractivity contribution is -0.309. The minimum Gasteiger partial charge on any atom is -0.481 e. The summed E-state index contributed by atoms with van der Waals surface area (Å²) in [6.45, 7) is 6.83. The summed E-state index contributed by atoms with van der Waals surface area (Å²) in [6, 6.07) is -0.782. The molecular weight excluding hydrogens is 538 g/mol. The molecule has 0 aromatic carbocycles. The van der Waals surface area contributed by atoms with Crippen LogP contribution in [0.5, 0.6) is 0 Å². The van der Waals surface area contributed by atoms with Crippen LogP contribution in [-0.2, 0) is 33.3 Å². The van der Waals surface area contributed by atoms with E-state index in [2.05, 4.69) is 0 Å². The van der Waals surface area contributed by atoms with E-state index in [1.807, 2.05) is 6.92 Å². The molecule has 12 nitrogen and oxygen atoms in total. The number of aliphatic hydroxyl groups excluding tert-OH is 3. The van der Waals surface area contributed by atoms with Crippen LogP contribution in [0.25, 0.3) is 0 Å². The molecule has 12 heteroatoms. The molecule has 0 bridgehead atoms. The second-order valence-corrected chi connectivity index (χ2v) is 11.4. The molecule has 0 aromatic rings. The first-order valence-corrected chi connectivity index (χ1v) is 14.0. The number of carboxylic acids is 1. The van der Waals surface area contributed by atoms with E-state index in [4.69, 9.17) is 18.9 Å². The third kappa shape index (κ3) is 9.67. The first-order chi connectivity index (χ1) is 19.2. The maximum atomic E-state index is 12.9. The number of rotatable bonds is 6. The van der Waals surface area contributed by atoms with E-state index < -0.39 is 91.7 Å². The first-order valence-electron chi connectivity index (χ1n) is 14.0. The van der Waals surface area contributed by atoms with Gasteiger partial charge in [-0.15, -0.1) is 0 Å². The number of carbonyl (C=O) groups excluding carboxylic acids is 2. The smallest absolute Gasteiger partial charge is 0.308 e. The number of methoxy groups -OCH3 is 1. The van der Waals surface area contributed by atoms with Crippen molar-refractivity contribution in [3.63, 3.8) is 0 Å². The molecule has 41 heavy (non-hydrogen) atoms. The molecule has 2 heterocycles. The average molecular weight is 586 g/mol. The second kappa shape index (κ2) is 15.9. The number of aliphatic carboxylic acids is 1. The zero-order valence-electron chi connectivity index (χ0n) is 25.0. The normalized spacial score (nSPS) is 40.0. The molecule has 0 aliphatic carbocycles. The topological polar surface area (TPSA) is 172 Å². The van der Waals surface area contributed by atoms with Crippen molar-refractivity contribution in [2.75, 3.05) is 21.2 Å². The van der Waals surface area contributed by atoms with Crippen molar-refractivity contribution < 1.29 is 53.8 Å². The fourth-order valence-electron chi connectivity index (χ4n) is 5.35. The average Bonchev–Trinajstić information content (AvgIpc) is 2.87. The number of hydrogen-bond acceptors (Lipinski definition) is 11. The summed E-state index contributed by atoms with van der Waals surface area (Å²) in [6.07, 6.45) is -3.50. The highest BCUT2D eigenvalue weighted by Crippen LogP contribution is 2.33. The lowest BCUT2D eigenvalue weighted by Crippen LogP contribution is -2.63. The highest BCUT2D eigenvalue weighted by atomic mass is 16.7. The van der Waals surface area contributed by atoms with Gasteiger partial charge in [-0.2, -0.15) is 0 Å². The Hall–Kier alpha value is -2.19. The molecule has 12 atom stereocenters. The number of esters is 1. The van der Waals surface area contributed by atoms with Crippen LogP contribution in [0.15, 0.2) is 24.3 Å². The molecule has 2 aliphatic rings. The Labute approximate surface area is 241 Å². The van der Waals surface area contributed by atoms with Gasteiger partial charge in [-0.25, -0.2) is 0 Å². The predicted molar refractivity (Wildman–Crippen MR) is 148 cm³/mol. The van der Waals surface area contributed by atoms with Gasteiger partial charge in [0.25, 0.3) is 0 Å². The fraction of sp³-hybridized carbons (Fsp3) is 0.759. The summed E-state index contributed by atoms with van der Waals surface area (Å²) in [7, 11) is 4.64. The Kier molecular flexibility index (Phi) is 13.6. The Morgan fingerprint density at radius 3 is 2.27 bits per heavy atom. The van der Waals surface area contributed by atoms with Crippen molar-refractivity contribution in [3.8, 4) is 0 Å². The molecule has 1 saturated heterocycles. The molecule has 4 N–H and O–H groups in total. The highest BCUT2D eigenvalue weighted by molar-refractivity contribution is 5.91. The van der Waals surface area contributed by atoms with Gasteiger partial charge in [0, 0.05) is 18.9 Å². The number of allylic oxidation sites excluding steroid dienone is 3. The maximum absolute atomic E-state index is 12.9. The van der Waals surface area contributed by atoms with Gasteiger partial charge >= 0.3 is 11.9 Å². The van der Waals surface area contributed by atoms with Crippen LogP contribution in [0.3, 0.4) is 0 Å². The molecule has 2 rings (SSSR count). The Morgan fingerprint density at radius 2 is 1.68 bits per heavy atom. The highest BCUT2D eigenvalue weighted by Gasteiger charge is 2.48. The van der Waals surface area contributed by atoms with E-state index >= 15 is 0 Å². The molecule has 2 aliphatic heterocycles. The third-order valence-corrected chi connectivity index (χ3v) is 7.93. The Morgan fingerprint density at radius 1 is 1.02 bits per heavy atom. The van der Waals surface area contributed by atoms with Crippen LogP contribution in [-0.4, -0.2) is 119 Å². The van der Waals surface area contributed by atoms with Crippen LogP contribution in [0.1, 0.15) is 47.0 Å². The second-order valence-electron chi connectivity index (χ2n) is 11.4. The number of ether oxygens (including phenoxy) is 4. The number of ketones is 1. The molecule has 0 saturated carbocycles. The number of likely N-dealkylation sites (N-methyl/N-ethyl adjacent to an activating group) is 1. The third-order valence-electron chi connectivity index (χ3n) is 7.93. The largest absolute Gasteiger partial charge is 0.481 e. The maximum Gasteiger partial charge on any atom is 0.308 e. The number of nitrogens with zero attached hydrogens (tertiary/aromatic N) is 1. The van der Waals surface area contributed by atoms with E-state index in [0.29, 0.717) is 0 Å². The molecule has 1 fully saturated rings. The first kappa shape index (κ1) is 35.0. The molecule has 0 radical (unpaired) electrons. The fourth-order valence-corrected chi connectivity index (χ4v) is 5.35. The van der Waals surface area contributed by atoms with E-state index in [0.717, 1.165) is 0 Å². The summed E-state index contributed by atoms with van der Waals surface area (Å²) < 4.78 is 23.1. The zero-order chi connectivity index (χ0) is 31.0. The van der Waals surface area contributed by atoms with E-state index in [-0.39, 0.29) is 18.1 Å². The monoisotopic (exact) mass is 585 g/mol. The summed E-state index contributed by atoms with van der Waals surface area (Å²) in [5.74, 6) is -3.83. The standard InChI is InChI=1S/C29H47NO11/c1-15-10-8-9-11-20(31)16(2)12-19(13-22(33)34)27(28(38-7)21(32)14-23(35)39-17(15)3)41-29-26(37)24(30(5)6)25(36)18(4)40-29/h8-11,15-19,21,24-29,32,36-37H,12-14H2,1-7H3,(H,33,34)/t15-,16+,17+,18+,19+,21+,24?,25?,26?,27-,28-,29-/m0/s1. The summed E-state index contributed by atoms with van der Waals surface area (Å²) in [4.78, 5) is 39.3. The zero-order valence-corrected chi connectivity index (χ0v) is 25.0. The van der Waals surface area contributed by atoms with Gasteiger partial charge in [-0.05, 0) is 46.4 Å². The SMILES string of the molecule is CO[C@@H]1[C@@H](O[C@@H]2O[C@H](C)C(O)C(N(C)C)C2O)[C@@H](CC(=O)O)C[C@@H](C)C(=O)C=CC=C[C@H](C)[C@@H](C)OC(=O)C[C@H]1O. The Balaban J connectivity index is 2.55. The van der Waals surface area contributed by atoms with E-state index in [1.54, 1.807) is 58.0 Å². The van der Waals surface area contributed by atoms with Gasteiger partial charge in [0.1, 0.15) is 18.3 Å². The van der Waals surface area contributed by atoms with Crippen LogP contribution >= 0.6 is 0 Å². The molecule has 3 unspecified atom stereocenters. The lowest BCUT2D eigenvalue weighted by Gasteiger charge is -2.46. The van der Waals surface area contributed by atoms with Gasteiger partial charge in [-0.3, -0.25) is 14.4 Å². The van der Waals surface area contributed by atoms with Crippen molar-refractivity contribution in [2.24, 2.45) is 17.8 Å². The molecule has 0 amide bonds. The van der Waals surface area contributed by atoms with Gasteiger partial charge in [-0.1, -0.05) is 32.1 Å². The minimum absolute atomic E-state index is 0.0341. The van der Waals surface area contributed by atoms with Gasteiger partial charge in [0.15, 0.2) is 12.1 Å². The van der Waals surface area contributed by atoms with Crippen molar-refractivity contribution >= 4 is 17.7 Å². The quantitative estimate of drug-likeness (QED) is 0.325. The number of carbonyl (C=O) groups is 3. The number of aliphatic hydroxyl groups is 3. The van der Waals surface area contributed by atoms with Crippen LogP contribution in [0.2, 0.25) is 0 Å².